The topological polar surface area (TPSA) is 50.4 Å². The molecule has 1 amide bonds. The highest BCUT2D eigenvalue weighted by molar-refractivity contribution is 5.72. The van der Waals surface area contributed by atoms with Crippen molar-refractivity contribution in [2.24, 2.45) is 11.8 Å². The predicted octanol–water partition coefficient (Wildman–Crippen LogP) is 3.36. The molecule has 1 fully saturated rings. The number of hydrogen-bond donors (Lipinski definition) is 2. The van der Waals surface area contributed by atoms with Gasteiger partial charge in [0.1, 0.15) is 5.60 Å². The van der Waals surface area contributed by atoms with E-state index in [0.717, 1.165) is 19.3 Å². The summed E-state index contributed by atoms with van der Waals surface area (Å²) >= 11 is 0. The van der Waals surface area contributed by atoms with Crippen LogP contribution >= 0.6 is 0 Å². The van der Waals surface area contributed by atoms with Gasteiger partial charge in [-0.3, -0.25) is 4.79 Å². The number of allylic oxidation sites excluding steroid dienone is 1. The van der Waals surface area contributed by atoms with Crippen LogP contribution in [0, 0.1) is 11.8 Å². The van der Waals surface area contributed by atoms with Gasteiger partial charge in [-0.25, -0.2) is 0 Å². The van der Waals surface area contributed by atoms with Crippen molar-refractivity contribution in [3.63, 3.8) is 0 Å². The third-order valence-corrected chi connectivity index (χ3v) is 4.01. The van der Waals surface area contributed by atoms with Crippen molar-refractivity contribution >= 4 is 5.91 Å². The van der Waals surface area contributed by atoms with Gasteiger partial charge in [0.25, 0.3) is 0 Å². The Kier molecular flexibility index (Phi) is 6.51. The monoisotopic (exact) mass is 308 g/mol. The molecule has 22 heavy (non-hydrogen) atoms. The largest absolute Gasteiger partial charge is 0.474 e. The summed E-state index contributed by atoms with van der Waals surface area (Å²) in [5.41, 5.74) is 1.000. The molecule has 0 spiro atoms. The van der Waals surface area contributed by atoms with E-state index in [9.17, 15) is 4.79 Å². The van der Waals surface area contributed by atoms with E-state index in [4.69, 9.17) is 4.74 Å². The molecule has 1 rings (SSSR count). The van der Waals surface area contributed by atoms with Gasteiger partial charge in [-0.2, -0.15) is 0 Å². The summed E-state index contributed by atoms with van der Waals surface area (Å²) in [6.45, 7) is 18.6. The normalized spacial score (nSPS) is 25.5. The van der Waals surface area contributed by atoms with Crippen molar-refractivity contribution < 1.29 is 9.53 Å². The molecule has 4 heteroatoms. The molecular weight excluding hydrogens is 276 g/mol. The second kappa shape index (κ2) is 7.70. The van der Waals surface area contributed by atoms with E-state index in [2.05, 4.69) is 30.7 Å². The number of carbonyl (C=O) groups excluding carboxylic acids is 1. The number of nitrogens with one attached hydrogen (secondary N) is 2. The van der Waals surface area contributed by atoms with E-state index in [-0.39, 0.29) is 17.6 Å². The SMILES string of the molecule is C=C1CC(CC)C(NC(=C)OC(C)(C)C)C(CNC(C)=O)C1. The molecule has 0 aromatic carbocycles. The molecule has 0 bridgehead atoms. The van der Waals surface area contributed by atoms with Gasteiger partial charge in [-0.15, -0.1) is 0 Å². The van der Waals surface area contributed by atoms with Crippen LogP contribution in [0.2, 0.25) is 0 Å². The van der Waals surface area contributed by atoms with Crippen molar-refractivity contribution in [2.75, 3.05) is 6.54 Å². The van der Waals surface area contributed by atoms with Gasteiger partial charge in [-0.1, -0.05) is 25.5 Å². The maximum Gasteiger partial charge on any atom is 0.216 e. The molecule has 126 valence electrons. The molecule has 1 aliphatic rings. The summed E-state index contributed by atoms with van der Waals surface area (Å²) in [5.74, 6) is 1.42. The Bertz CT molecular complexity index is 423. The maximum absolute atomic E-state index is 11.2. The van der Waals surface area contributed by atoms with Gasteiger partial charge in [0, 0.05) is 25.4 Å². The maximum atomic E-state index is 11.2. The first-order valence-corrected chi connectivity index (χ1v) is 8.18. The number of ether oxygens (including phenoxy) is 1. The summed E-state index contributed by atoms with van der Waals surface area (Å²) in [6.07, 6.45) is 3.01. The van der Waals surface area contributed by atoms with Gasteiger partial charge < -0.3 is 15.4 Å². The van der Waals surface area contributed by atoms with E-state index in [1.165, 1.54) is 5.57 Å². The standard InChI is InChI=1S/C18H32N2O2/c1-8-15-9-12(2)10-16(11-19-13(3)21)17(15)20-14(4)22-18(5,6)7/h15-17,20H,2,4,8-11H2,1,3,5-7H3,(H,19,21). The van der Waals surface area contributed by atoms with E-state index >= 15 is 0 Å². The molecule has 1 saturated carbocycles. The smallest absolute Gasteiger partial charge is 0.216 e. The molecule has 3 atom stereocenters. The lowest BCUT2D eigenvalue weighted by molar-refractivity contribution is -0.119. The minimum Gasteiger partial charge on any atom is -0.474 e. The van der Waals surface area contributed by atoms with Gasteiger partial charge in [0.15, 0.2) is 5.88 Å². The van der Waals surface area contributed by atoms with Crippen LogP contribution in [0.1, 0.15) is 53.9 Å². The summed E-state index contributed by atoms with van der Waals surface area (Å²) in [6, 6.07) is 0.247. The Morgan fingerprint density at radius 1 is 1.32 bits per heavy atom. The lowest BCUT2D eigenvalue weighted by Gasteiger charge is -2.41. The summed E-state index contributed by atoms with van der Waals surface area (Å²) < 4.78 is 5.82. The zero-order chi connectivity index (χ0) is 16.9. The van der Waals surface area contributed by atoms with Crippen molar-refractivity contribution in [1.82, 2.24) is 10.6 Å². The van der Waals surface area contributed by atoms with Crippen molar-refractivity contribution in [2.45, 2.75) is 65.5 Å². The Hall–Kier alpha value is -1.45. The average molecular weight is 308 g/mol. The summed E-state index contributed by atoms with van der Waals surface area (Å²) in [4.78, 5) is 11.2. The van der Waals surface area contributed by atoms with Crippen LogP contribution in [0.4, 0.5) is 0 Å². The van der Waals surface area contributed by atoms with Crippen LogP contribution in [0.25, 0.3) is 0 Å². The highest BCUT2D eigenvalue weighted by Crippen LogP contribution is 2.34. The molecule has 0 aromatic heterocycles. The minimum atomic E-state index is -0.267. The molecular formula is C18H32N2O2. The fourth-order valence-electron chi connectivity index (χ4n) is 3.16. The first kappa shape index (κ1) is 18.6. The summed E-state index contributed by atoms with van der Waals surface area (Å²) in [7, 11) is 0. The van der Waals surface area contributed by atoms with Crippen molar-refractivity contribution in [3.05, 3.63) is 24.6 Å². The zero-order valence-electron chi connectivity index (χ0n) is 14.8. The van der Waals surface area contributed by atoms with E-state index in [1.807, 2.05) is 20.8 Å². The molecule has 0 radical (unpaired) electrons. The van der Waals surface area contributed by atoms with Gasteiger partial charge in [0.2, 0.25) is 5.91 Å². The van der Waals surface area contributed by atoms with Crippen LogP contribution in [0.15, 0.2) is 24.6 Å². The third-order valence-electron chi connectivity index (χ3n) is 4.01. The zero-order valence-corrected chi connectivity index (χ0v) is 14.8. The van der Waals surface area contributed by atoms with Crippen LogP contribution in [-0.2, 0) is 9.53 Å². The minimum absolute atomic E-state index is 0.00718. The Morgan fingerprint density at radius 3 is 2.41 bits per heavy atom. The third kappa shape index (κ3) is 6.12. The molecule has 1 aliphatic carbocycles. The first-order valence-electron chi connectivity index (χ1n) is 8.18. The van der Waals surface area contributed by atoms with Crippen molar-refractivity contribution in [1.29, 1.82) is 0 Å². The molecule has 0 saturated heterocycles. The van der Waals surface area contributed by atoms with Crippen LogP contribution in [0.5, 0.6) is 0 Å². The van der Waals surface area contributed by atoms with Crippen LogP contribution < -0.4 is 10.6 Å². The average Bonchev–Trinajstić information content (AvgIpc) is 2.36. The number of carbonyl (C=O) groups is 1. The molecule has 2 N–H and O–H groups in total. The quantitative estimate of drug-likeness (QED) is 0.584. The fraction of sp³-hybridized carbons (Fsp3) is 0.722. The highest BCUT2D eigenvalue weighted by atomic mass is 16.5. The predicted molar refractivity (Wildman–Crippen MR) is 91.2 cm³/mol. The first-order chi connectivity index (χ1) is 10.1. The summed E-state index contributed by atoms with van der Waals surface area (Å²) in [5, 5.41) is 6.40. The molecule has 3 unspecified atom stereocenters. The van der Waals surface area contributed by atoms with Crippen molar-refractivity contribution in [3.8, 4) is 0 Å². The molecule has 0 aliphatic heterocycles. The van der Waals surface area contributed by atoms with Crippen LogP contribution in [-0.4, -0.2) is 24.1 Å². The van der Waals surface area contributed by atoms with E-state index < -0.39 is 0 Å². The number of amides is 1. The molecule has 4 nitrogen and oxygen atoms in total. The lowest BCUT2D eigenvalue weighted by atomic mass is 9.73. The molecule has 0 heterocycles. The highest BCUT2D eigenvalue weighted by Gasteiger charge is 2.34. The van der Waals surface area contributed by atoms with Gasteiger partial charge in [-0.05, 0) is 46.1 Å². The second-order valence-corrected chi connectivity index (χ2v) is 7.33. The van der Waals surface area contributed by atoms with E-state index in [1.54, 1.807) is 6.92 Å². The number of hydrogen-bond acceptors (Lipinski definition) is 3. The Balaban J connectivity index is 2.78. The fourth-order valence-corrected chi connectivity index (χ4v) is 3.16. The number of rotatable bonds is 6. The lowest BCUT2D eigenvalue weighted by Crippen LogP contribution is -2.49. The Morgan fingerprint density at radius 2 is 1.91 bits per heavy atom. The van der Waals surface area contributed by atoms with Gasteiger partial charge in [0.05, 0.1) is 0 Å². The second-order valence-electron chi connectivity index (χ2n) is 7.33. The van der Waals surface area contributed by atoms with Gasteiger partial charge >= 0.3 is 0 Å². The van der Waals surface area contributed by atoms with Crippen LogP contribution in [0.3, 0.4) is 0 Å². The molecule has 0 aromatic rings. The Labute approximate surface area is 135 Å². The van der Waals surface area contributed by atoms with E-state index in [0.29, 0.717) is 24.3 Å².